The molecule has 0 aliphatic carbocycles. The summed E-state index contributed by atoms with van der Waals surface area (Å²) in [6, 6.07) is 9.53. The Kier molecular flexibility index (Phi) is 4.50. The Labute approximate surface area is 132 Å². The molecule has 0 aliphatic rings. The van der Waals surface area contributed by atoms with Crippen LogP contribution in [0.25, 0.3) is 15.3 Å². The van der Waals surface area contributed by atoms with Gasteiger partial charge >= 0.3 is 0 Å². The second-order valence-electron chi connectivity index (χ2n) is 4.87. The zero-order valence-corrected chi connectivity index (χ0v) is 13.1. The van der Waals surface area contributed by atoms with Crippen molar-refractivity contribution in [1.82, 2.24) is 14.9 Å². The number of methoxy groups -OCH3 is 1. The maximum absolute atomic E-state index is 12.1. The molecule has 0 aliphatic heterocycles. The lowest BCUT2D eigenvalue weighted by Crippen LogP contribution is -2.25. The lowest BCUT2D eigenvalue weighted by molar-refractivity contribution is 0.0949. The highest BCUT2D eigenvalue weighted by atomic mass is 32.1. The normalized spacial score (nSPS) is 11.0. The molecule has 0 bridgehead atoms. The third-order valence-electron chi connectivity index (χ3n) is 3.28. The van der Waals surface area contributed by atoms with Crippen LogP contribution < -0.4 is 5.32 Å². The SMILES string of the molecule is COCCCNC(=O)c1ccc2nc(-n3cccc3)sc2c1. The molecule has 22 heavy (non-hydrogen) atoms. The number of carbonyl (C=O) groups is 1. The summed E-state index contributed by atoms with van der Waals surface area (Å²) in [6.07, 6.45) is 4.73. The molecule has 5 nitrogen and oxygen atoms in total. The maximum Gasteiger partial charge on any atom is 0.251 e. The van der Waals surface area contributed by atoms with E-state index in [9.17, 15) is 4.79 Å². The molecule has 3 aromatic rings. The molecule has 1 N–H and O–H groups in total. The number of nitrogens with zero attached hydrogens (tertiary/aromatic N) is 2. The summed E-state index contributed by atoms with van der Waals surface area (Å²) in [7, 11) is 1.65. The number of amides is 1. The van der Waals surface area contributed by atoms with E-state index in [0.29, 0.717) is 18.7 Å². The van der Waals surface area contributed by atoms with E-state index in [1.165, 1.54) is 0 Å². The van der Waals surface area contributed by atoms with E-state index in [0.717, 1.165) is 21.8 Å². The van der Waals surface area contributed by atoms with Gasteiger partial charge in [-0.15, -0.1) is 0 Å². The molecule has 0 saturated heterocycles. The molecular weight excluding hydrogens is 298 g/mol. The maximum atomic E-state index is 12.1. The molecular formula is C16H17N3O2S. The van der Waals surface area contributed by atoms with Gasteiger partial charge in [0, 0.05) is 38.2 Å². The summed E-state index contributed by atoms with van der Waals surface area (Å²) < 4.78 is 7.94. The molecule has 0 radical (unpaired) electrons. The second kappa shape index (κ2) is 6.72. The van der Waals surface area contributed by atoms with Crippen LogP contribution in [-0.4, -0.2) is 35.7 Å². The number of aromatic nitrogens is 2. The quantitative estimate of drug-likeness (QED) is 0.712. The topological polar surface area (TPSA) is 56.1 Å². The molecule has 114 valence electrons. The van der Waals surface area contributed by atoms with Gasteiger partial charge in [0.2, 0.25) is 0 Å². The Balaban J connectivity index is 1.76. The molecule has 2 aromatic heterocycles. The number of hydrogen-bond acceptors (Lipinski definition) is 4. The van der Waals surface area contributed by atoms with Gasteiger partial charge in [-0.2, -0.15) is 0 Å². The molecule has 2 heterocycles. The summed E-state index contributed by atoms with van der Waals surface area (Å²) >= 11 is 1.57. The van der Waals surface area contributed by atoms with Crippen molar-refractivity contribution in [3.8, 4) is 5.13 Å². The summed E-state index contributed by atoms with van der Waals surface area (Å²) in [5.41, 5.74) is 1.57. The number of nitrogens with one attached hydrogen (secondary N) is 1. The predicted molar refractivity (Wildman–Crippen MR) is 87.8 cm³/mol. The largest absolute Gasteiger partial charge is 0.385 e. The molecule has 0 spiro atoms. The van der Waals surface area contributed by atoms with Crippen LogP contribution >= 0.6 is 11.3 Å². The summed E-state index contributed by atoms with van der Waals surface area (Å²) in [6.45, 7) is 1.26. The fourth-order valence-corrected chi connectivity index (χ4v) is 3.12. The number of rotatable bonds is 6. The number of benzene rings is 1. The molecule has 3 rings (SSSR count). The highest BCUT2D eigenvalue weighted by Crippen LogP contribution is 2.25. The van der Waals surface area contributed by atoms with Crippen molar-refractivity contribution in [2.24, 2.45) is 0 Å². The van der Waals surface area contributed by atoms with Gasteiger partial charge < -0.3 is 14.6 Å². The molecule has 6 heteroatoms. The van der Waals surface area contributed by atoms with Crippen molar-refractivity contribution in [1.29, 1.82) is 0 Å². The van der Waals surface area contributed by atoms with Gasteiger partial charge in [0.05, 0.1) is 10.2 Å². The average molecular weight is 315 g/mol. The lowest BCUT2D eigenvalue weighted by atomic mass is 10.2. The number of thiazole rings is 1. The molecule has 0 atom stereocenters. The van der Waals surface area contributed by atoms with Crippen molar-refractivity contribution >= 4 is 27.5 Å². The van der Waals surface area contributed by atoms with Crippen LogP contribution in [0.15, 0.2) is 42.7 Å². The number of ether oxygens (including phenoxy) is 1. The van der Waals surface area contributed by atoms with Crippen molar-refractivity contribution in [3.05, 3.63) is 48.3 Å². The molecule has 0 saturated carbocycles. The first-order valence-electron chi connectivity index (χ1n) is 7.09. The van der Waals surface area contributed by atoms with Crippen molar-refractivity contribution in [3.63, 3.8) is 0 Å². The van der Waals surface area contributed by atoms with Crippen LogP contribution in [0.2, 0.25) is 0 Å². The fourth-order valence-electron chi connectivity index (χ4n) is 2.15. The predicted octanol–water partition coefficient (Wildman–Crippen LogP) is 2.85. The third kappa shape index (κ3) is 3.18. The van der Waals surface area contributed by atoms with E-state index >= 15 is 0 Å². The molecule has 0 fully saturated rings. The summed E-state index contributed by atoms with van der Waals surface area (Å²) in [4.78, 5) is 16.7. The van der Waals surface area contributed by atoms with Gasteiger partial charge in [0.1, 0.15) is 0 Å². The zero-order valence-electron chi connectivity index (χ0n) is 12.3. The third-order valence-corrected chi connectivity index (χ3v) is 4.31. The van der Waals surface area contributed by atoms with Crippen molar-refractivity contribution in [2.75, 3.05) is 20.3 Å². The van der Waals surface area contributed by atoms with Crippen LogP contribution in [0.1, 0.15) is 16.8 Å². The number of hydrogen-bond donors (Lipinski definition) is 1. The highest BCUT2D eigenvalue weighted by molar-refractivity contribution is 7.20. The molecule has 1 aromatic carbocycles. The smallest absolute Gasteiger partial charge is 0.251 e. The van der Waals surface area contributed by atoms with Gasteiger partial charge in [0.25, 0.3) is 5.91 Å². The van der Waals surface area contributed by atoms with Gasteiger partial charge in [-0.3, -0.25) is 4.79 Å². The minimum atomic E-state index is -0.0612. The lowest BCUT2D eigenvalue weighted by Gasteiger charge is -2.04. The van der Waals surface area contributed by atoms with Crippen LogP contribution in [0, 0.1) is 0 Å². The standard InChI is InChI=1S/C16H17N3O2S/c1-21-10-4-7-17-15(20)12-5-6-13-14(11-12)22-16(18-13)19-8-2-3-9-19/h2-3,5-6,8-9,11H,4,7,10H2,1H3,(H,17,20). The van der Waals surface area contributed by atoms with Crippen molar-refractivity contribution < 1.29 is 9.53 Å². The van der Waals surface area contributed by atoms with Crippen LogP contribution in [-0.2, 0) is 4.74 Å². The Morgan fingerprint density at radius 3 is 2.95 bits per heavy atom. The van der Waals surface area contributed by atoms with E-state index in [1.54, 1.807) is 18.4 Å². The fraction of sp³-hybridized carbons (Fsp3) is 0.250. The summed E-state index contributed by atoms with van der Waals surface area (Å²) in [5.74, 6) is -0.0612. The average Bonchev–Trinajstić information content (AvgIpc) is 3.18. The van der Waals surface area contributed by atoms with E-state index in [4.69, 9.17) is 4.74 Å². The van der Waals surface area contributed by atoms with Crippen LogP contribution in [0.4, 0.5) is 0 Å². The Morgan fingerprint density at radius 1 is 1.36 bits per heavy atom. The van der Waals surface area contributed by atoms with Gasteiger partial charge in [-0.1, -0.05) is 11.3 Å². The monoisotopic (exact) mass is 315 g/mol. The minimum absolute atomic E-state index is 0.0612. The highest BCUT2D eigenvalue weighted by Gasteiger charge is 2.09. The minimum Gasteiger partial charge on any atom is -0.385 e. The Bertz CT molecular complexity index is 765. The number of carbonyl (C=O) groups excluding carboxylic acids is 1. The number of fused-ring (bicyclic) bond motifs is 1. The van der Waals surface area contributed by atoms with Crippen LogP contribution in [0.5, 0.6) is 0 Å². The van der Waals surface area contributed by atoms with Gasteiger partial charge in [-0.05, 0) is 36.8 Å². The zero-order chi connectivity index (χ0) is 15.4. The van der Waals surface area contributed by atoms with E-state index in [-0.39, 0.29) is 5.91 Å². The van der Waals surface area contributed by atoms with E-state index < -0.39 is 0 Å². The van der Waals surface area contributed by atoms with E-state index in [2.05, 4.69) is 10.3 Å². The van der Waals surface area contributed by atoms with Crippen LogP contribution in [0.3, 0.4) is 0 Å². The Morgan fingerprint density at radius 2 is 2.18 bits per heavy atom. The van der Waals surface area contributed by atoms with Crippen molar-refractivity contribution in [2.45, 2.75) is 6.42 Å². The molecule has 1 amide bonds. The summed E-state index contributed by atoms with van der Waals surface area (Å²) in [5, 5.41) is 3.79. The first-order chi connectivity index (χ1) is 10.8. The van der Waals surface area contributed by atoms with Gasteiger partial charge in [0.15, 0.2) is 5.13 Å². The first-order valence-corrected chi connectivity index (χ1v) is 7.90. The molecule has 0 unspecified atom stereocenters. The Hall–Kier alpha value is -2.18. The second-order valence-corrected chi connectivity index (χ2v) is 5.88. The first kappa shape index (κ1) is 14.7. The van der Waals surface area contributed by atoms with Gasteiger partial charge in [-0.25, -0.2) is 4.98 Å². The van der Waals surface area contributed by atoms with E-state index in [1.807, 2.05) is 47.3 Å².